The van der Waals surface area contributed by atoms with Crippen LogP contribution in [0.2, 0.25) is 0 Å². The van der Waals surface area contributed by atoms with Gasteiger partial charge in [0.2, 0.25) is 0 Å². The van der Waals surface area contributed by atoms with Gasteiger partial charge in [-0.05, 0) is 61.4 Å². The van der Waals surface area contributed by atoms with Gasteiger partial charge in [0.25, 0.3) is 0 Å². The number of likely N-dealkylation sites (tertiary alicyclic amines) is 1. The molecule has 0 aromatic heterocycles. The number of hydrogen-bond acceptors (Lipinski definition) is 5. The highest BCUT2D eigenvalue weighted by molar-refractivity contribution is 5.49. The van der Waals surface area contributed by atoms with Gasteiger partial charge in [-0.3, -0.25) is 4.90 Å². The van der Waals surface area contributed by atoms with E-state index in [1.807, 2.05) is 78.9 Å². The van der Waals surface area contributed by atoms with Crippen molar-refractivity contribution in [3.63, 3.8) is 0 Å². The molecule has 0 unspecified atom stereocenters. The number of nitrogens with zero attached hydrogens (tertiary/aromatic N) is 2. The van der Waals surface area contributed by atoms with E-state index in [9.17, 15) is 0 Å². The molecule has 0 aliphatic carbocycles. The average Bonchev–Trinajstić information content (AvgIpc) is 3.11. The second-order valence-corrected chi connectivity index (χ2v) is 12.8. The van der Waals surface area contributed by atoms with E-state index in [0.717, 1.165) is 49.0 Å². The first-order valence-corrected chi connectivity index (χ1v) is 17.0. The van der Waals surface area contributed by atoms with E-state index in [2.05, 4.69) is 28.9 Å². The third-order valence-electron chi connectivity index (χ3n) is 9.53. The molecule has 4 atom stereocenters. The van der Waals surface area contributed by atoms with Gasteiger partial charge in [-0.2, -0.15) is 0 Å². The minimum absolute atomic E-state index is 0.0881. The summed E-state index contributed by atoms with van der Waals surface area (Å²) in [5.41, 5.74) is 3.98. The standard InChI is InChI=1S/C40H46F2N2O3/c1-30-39(46-28-32-16-8-3-9-17-32)40(47-29-33-18-10-4-11-19-33)38(45-27-31-14-6-2-7-15-31)26-44(30)23-20-35-36(41)24-34(25-37(35)42)43-21-12-5-13-22-43/h2-4,6-11,14-19,24-25,30,38-40H,5,12-13,20-23,26-29H2,1H3/t30-,38+,39-,40-/m1/s1. The Balaban J connectivity index is 1.22. The van der Waals surface area contributed by atoms with Crippen LogP contribution in [-0.2, 0) is 40.5 Å². The number of rotatable bonds is 13. The zero-order chi connectivity index (χ0) is 32.4. The molecule has 4 aromatic carbocycles. The molecule has 6 rings (SSSR count). The molecule has 4 aromatic rings. The summed E-state index contributed by atoms with van der Waals surface area (Å²) in [7, 11) is 0. The minimum Gasteiger partial charge on any atom is -0.371 e. The van der Waals surface area contributed by atoms with E-state index in [-0.39, 0.29) is 36.3 Å². The summed E-state index contributed by atoms with van der Waals surface area (Å²) >= 11 is 0. The fraction of sp³-hybridized carbons (Fsp3) is 0.400. The largest absolute Gasteiger partial charge is 0.371 e. The van der Waals surface area contributed by atoms with Crippen molar-refractivity contribution in [2.24, 2.45) is 0 Å². The Morgan fingerprint density at radius 1 is 0.638 bits per heavy atom. The summed E-state index contributed by atoms with van der Waals surface area (Å²) in [6, 6.07) is 33.2. The Kier molecular flexibility index (Phi) is 11.7. The molecule has 0 bridgehead atoms. The third kappa shape index (κ3) is 8.85. The quantitative estimate of drug-likeness (QED) is 0.148. The lowest BCUT2D eigenvalue weighted by Gasteiger charge is -2.47. The van der Waals surface area contributed by atoms with E-state index < -0.39 is 11.6 Å². The molecule has 2 aliphatic rings. The van der Waals surface area contributed by atoms with Gasteiger partial charge < -0.3 is 19.1 Å². The van der Waals surface area contributed by atoms with Crippen molar-refractivity contribution in [3.05, 3.63) is 137 Å². The van der Waals surface area contributed by atoms with Crippen molar-refractivity contribution in [1.29, 1.82) is 0 Å². The summed E-state index contributed by atoms with van der Waals surface area (Å²) in [6.07, 6.45) is 2.49. The smallest absolute Gasteiger partial charge is 0.131 e. The molecular formula is C40H46F2N2O3. The van der Waals surface area contributed by atoms with Gasteiger partial charge in [-0.25, -0.2) is 8.78 Å². The Labute approximate surface area is 278 Å². The molecule has 0 N–H and O–H groups in total. The third-order valence-corrected chi connectivity index (χ3v) is 9.53. The van der Waals surface area contributed by atoms with Crippen LogP contribution >= 0.6 is 0 Å². The predicted octanol–water partition coefficient (Wildman–Crippen LogP) is 7.96. The Hall–Kier alpha value is -3.62. The van der Waals surface area contributed by atoms with Gasteiger partial charge >= 0.3 is 0 Å². The Bertz CT molecular complexity index is 1500. The van der Waals surface area contributed by atoms with Crippen LogP contribution in [0, 0.1) is 11.6 Å². The molecular weight excluding hydrogens is 594 g/mol. The maximum absolute atomic E-state index is 15.5. The van der Waals surface area contributed by atoms with Crippen molar-refractivity contribution in [2.75, 3.05) is 31.1 Å². The number of halogens is 2. The lowest BCUT2D eigenvalue weighted by Crippen LogP contribution is -2.62. The van der Waals surface area contributed by atoms with Gasteiger partial charge in [0.15, 0.2) is 0 Å². The second kappa shape index (κ2) is 16.5. The van der Waals surface area contributed by atoms with Crippen LogP contribution in [0.15, 0.2) is 103 Å². The summed E-state index contributed by atoms with van der Waals surface area (Å²) in [6.45, 7) is 6.07. The number of piperidine rings is 2. The van der Waals surface area contributed by atoms with E-state index in [1.165, 1.54) is 12.1 Å². The van der Waals surface area contributed by atoms with Crippen molar-refractivity contribution < 1.29 is 23.0 Å². The SMILES string of the molecule is C[C@@H]1[C@@H](OCc2ccccc2)[C@H](OCc2ccccc2)[C@@H](OCc2ccccc2)CN1CCc1c(F)cc(N2CCCCC2)cc1F. The molecule has 0 radical (unpaired) electrons. The molecule has 47 heavy (non-hydrogen) atoms. The van der Waals surface area contributed by atoms with E-state index in [4.69, 9.17) is 14.2 Å². The van der Waals surface area contributed by atoms with Crippen LogP contribution < -0.4 is 4.90 Å². The average molecular weight is 641 g/mol. The maximum Gasteiger partial charge on any atom is 0.131 e. The minimum atomic E-state index is -0.479. The van der Waals surface area contributed by atoms with E-state index in [0.29, 0.717) is 38.6 Å². The molecule has 2 heterocycles. The highest BCUT2D eigenvalue weighted by atomic mass is 19.1. The molecule has 248 valence electrons. The van der Waals surface area contributed by atoms with Crippen molar-refractivity contribution >= 4 is 5.69 Å². The van der Waals surface area contributed by atoms with Crippen LogP contribution in [0.4, 0.5) is 14.5 Å². The van der Waals surface area contributed by atoms with E-state index in [1.54, 1.807) is 0 Å². The number of hydrogen-bond donors (Lipinski definition) is 0. The highest BCUT2D eigenvalue weighted by Crippen LogP contribution is 2.30. The second-order valence-electron chi connectivity index (χ2n) is 12.8. The topological polar surface area (TPSA) is 34.2 Å². The molecule has 5 nitrogen and oxygen atoms in total. The fourth-order valence-electron chi connectivity index (χ4n) is 6.80. The fourth-order valence-corrected chi connectivity index (χ4v) is 6.80. The summed E-state index contributed by atoms with van der Waals surface area (Å²) in [5, 5.41) is 0. The predicted molar refractivity (Wildman–Crippen MR) is 182 cm³/mol. The zero-order valence-electron chi connectivity index (χ0n) is 27.3. The number of ether oxygens (including phenoxy) is 3. The van der Waals surface area contributed by atoms with Crippen molar-refractivity contribution in [2.45, 2.75) is 76.8 Å². The number of benzene rings is 4. The Morgan fingerprint density at radius 2 is 1.13 bits per heavy atom. The van der Waals surface area contributed by atoms with Gasteiger partial charge in [0, 0.05) is 43.5 Å². The lowest BCUT2D eigenvalue weighted by molar-refractivity contribution is -0.200. The van der Waals surface area contributed by atoms with Crippen LogP contribution in [0.3, 0.4) is 0 Å². The van der Waals surface area contributed by atoms with Crippen molar-refractivity contribution in [3.8, 4) is 0 Å². The van der Waals surface area contributed by atoms with Crippen LogP contribution in [0.25, 0.3) is 0 Å². The molecule has 2 fully saturated rings. The lowest BCUT2D eigenvalue weighted by atomic mass is 9.93. The van der Waals surface area contributed by atoms with E-state index >= 15 is 8.78 Å². The molecule has 7 heteroatoms. The molecule has 2 saturated heterocycles. The van der Waals surface area contributed by atoms with Crippen LogP contribution in [-0.4, -0.2) is 55.4 Å². The van der Waals surface area contributed by atoms with Gasteiger partial charge in [0.1, 0.15) is 23.8 Å². The highest BCUT2D eigenvalue weighted by Gasteiger charge is 2.44. The zero-order valence-corrected chi connectivity index (χ0v) is 27.3. The molecule has 0 saturated carbocycles. The van der Waals surface area contributed by atoms with Crippen molar-refractivity contribution in [1.82, 2.24) is 4.90 Å². The van der Waals surface area contributed by atoms with Crippen LogP contribution in [0.5, 0.6) is 0 Å². The molecule has 2 aliphatic heterocycles. The van der Waals surface area contributed by atoms with Crippen LogP contribution in [0.1, 0.15) is 48.4 Å². The summed E-state index contributed by atoms with van der Waals surface area (Å²) in [4.78, 5) is 4.33. The molecule has 0 spiro atoms. The summed E-state index contributed by atoms with van der Waals surface area (Å²) < 4.78 is 50.9. The first-order chi connectivity index (χ1) is 23.0. The number of anilines is 1. The normalized spacial score (nSPS) is 22.0. The molecule has 0 amide bonds. The summed E-state index contributed by atoms with van der Waals surface area (Å²) in [5.74, 6) is -0.957. The monoisotopic (exact) mass is 640 g/mol. The van der Waals surface area contributed by atoms with Gasteiger partial charge in [-0.15, -0.1) is 0 Å². The first kappa shape index (κ1) is 33.3. The maximum atomic E-state index is 15.5. The van der Waals surface area contributed by atoms with Gasteiger partial charge in [0.05, 0.1) is 25.9 Å². The van der Waals surface area contributed by atoms with Gasteiger partial charge in [-0.1, -0.05) is 91.0 Å². The first-order valence-electron chi connectivity index (χ1n) is 17.0. The Morgan fingerprint density at radius 3 is 1.66 bits per heavy atom.